The van der Waals surface area contributed by atoms with Gasteiger partial charge in [-0.15, -0.1) is 0 Å². The van der Waals surface area contributed by atoms with E-state index in [0.29, 0.717) is 6.54 Å². The maximum Gasteiger partial charge on any atom is 0.238 e. The zero-order chi connectivity index (χ0) is 20.0. The molecule has 2 aromatic carbocycles. The van der Waals surface area contributed by atoms with Crippen LogP contribution >= 0.6 is 0 Å². The number of nitrogens with zero attached hydrogens (tertiary/aromatic N) is 1. The van der Waals surface area contributed by atoms with E-state index in [9.17, 15) is 4.79 Å². The highest BCUT2D eigenvalue weighted by Gasteiger charge is 2.14. The molecule has 0 fully saturated rings. The summed E-state index contributed by atoms with van der Waals surface area (Å²) in [6.07, 6.45) is 0. The number of benzene rings is 2. The fourth-order valence-electron chi connectivity index (χ4n) is 2.83. The Morgan fingerprint density at radius 3 is 2.26 bits per heavy atom. The minimum Gasteiger partial charge on any atom is -0.497 e. The van der Waals surface area contributed by atoms with Gasteiger partial charge in [0.1, 0.15) is 11.5 Å². The van der Waals surface area contributed by atoms with Gasteiger partial charge in [-0.25, -0.2) is 0 Å². The lowest BCUT2D eigenvalue weighted by atomic mass is 9.87. The number of methoxy groups -OCH3 is 2. The SMILES string of the molecule is COc1ccc(CN(C)CC(=O)Nc2ccc(C(C)(C)C)cc2)c(OC)c1. The summed E-state index contributed by atoms with van der Waals surface area (Å²) in [4.78, 5) is 14.3. The molecule has 2 aromatic rings. The van der Waals surface area contributed by atoms with Gasteiger partial charge in [-0.1, -0.05) is 39.0 Å². The smallest absolute Gasteiger partial charge is 0.238 e. The maximum atomic E-state index is 12.3. The molecule has 0 saturated carbocycles. The Morgan fingerprint density at radius 2 is 1.70 bits per heavy atom. The van der Waals surface area contributed by atoms with Crippen LogP contribution in [0.4, 0.5) is 5.69 Å². The van der Waals surface area contributed by atoms with Gasteiger partial charge in [0.2, 0.25) is 5.91 Å². The van der Waals surface area contributed by atoms with Crippen LogP contribution < -0.4 is 14.8 Å². The number of likely N-dealkylation sites (N-methyl/N-ethyl adjacent to an activating group) is 1. The van der Waals surface area contributed by atoms with Crippen molar-refractivity contribution in [2.75, 3.05) is 33.1 Å². The van der Waals surface area contributed by atoms with E-state index in [1.54, 1.807) is 14.2 Å². The Bertz CT molecular complexity index is 764. The summed E-state index contributed by atoms with van der Waals surface area (Å²) in [7, 11) is 5.16. The molecule has 27 heavy (non-hydrogen) atoms. The van der Waals surface area contributed by atoms with Crippen LogP contribution in [0, 0.1) is 0 Å². The van der Waals surface area contributed by atoms with Crippen molar-refractivity contribution in [1.29, 1.82) is 0 Å². The standard InChI is InChI=1S/C22H30N2O3/c1-22(2,3)17-8-10-18(11-9-17)23-21(25)15-24(4)14-16-7-12-19(26-5)13-20(16)27-6/h7-13H,14-15H2,1-6H3,(H,23,25). The lowest BCUT2D eigenvalue weighted by molar-refractivity contribution is -0.117. The largest absolute Gasteiger partial charge is 0.497 e. The Kier molecular flexibility index (Phi) is 6.86. The Balaban J connectivity index is 1.94. The van der Waals surface area contributed by atoms with Crippen molar-refractivity contribution in [2.45, 2.75) is 32.7 Å². The van der Waals surface area contributed by atoms with Crippen LogP contribution in [-0.4, -0.2) is 38.6 Å². The van der Waals surface area contributed by atoms with Crippen LogP contribution in [0.15, 0.2) is 42.5 Å². The zero-order valence-corrected chi connectivity index (χ0v) is 17.1. The minimum atomic E-state index is -0.0477. The third-order valence-electron chi connectivity index (χ3n) is 4.38. The normalized spacial score (nSPS) is 11.4. The van der Waals surface area contributed by atoms with Crippen LogP contribution in [0.1, 0.15) is 31.9 Å². The Morgan fingerprint density at radius 1 is 1.04 bits per heavy atom. The van der Waals surface area contributed by atoms with Crippen LogP contribution in [0.25, 0.3) is 0 Å². The summed E-state index contributed by atoms with van der Waals surface area (Å²) in [6, 6.07) is 13.7. The average Bonchev–Trinajstić information content (AvgIpc) is 2.61. The Labute approximate surface area is 162 Å². The molecule has 0 atom stereocenters. The second kappa shape index (κ2) is 8.91. The van der Waals surface area contributed by atoms with E-state index < -0.39 is 0 Å². The van der Waals surface area contributed by atoms with Gasteiger partial charge in [0.25, 0.3) is 0 Å². The van der Waals surface area contributed by atoms with Crippen LogP contribution in [-0.2, 0) is 16.8 Å². The molecule has 0 spiro atoms. The van der Waals surface area contributed by atoms with E-state index in [4.69, 9.17) is 9.47 Å². The second-order valence-corrected chi connectivity index (χ2v) is 7.73. The van der Waals surface area contributed by atoms with E-state index >= 15 is 0 Å². The van der Waals surface area contributed by atoms with E-state index in [-0.39, 0.29) is 17.9 Å². The first-order chi connectivity index (χ1) is 12.7. The summed E-state index contributed by atoms with van der Waals surface area (Å²) in [5, 5.41) is 2.95. The number of hydrogen-bond donors (Lipinski definition) is 1. The fourth-order valence-corrected chi connectivity index (χ4v) is 2.83. The number of amides is 1. The molecule has 0 heterocycles. The molecule has 1 amide bonds. The molecule has 0 unspecified atom stereocenters. The van der Waals surface area contributed by atoms with Gasteiger partial charge in [0.15, 0.2) is 0 Å². The number of carbonyl (C=O) groups excluding carboxylic acids is 1. The van der Waals surface area contributed by atoms with Gasteiger partial charge >= 0.3 is 0 Å². The van der Waals surface area contributed by atoms with Crippen LogP contribution in [0.3, 0.4) is 0 Å². The fraction of sp³-hybridized carbons (Fsp3) is 0.409. The average molecular weight is 370 g/mol. The molecule has 2 rings (SSSR count). The van der Waals surface area contributed by atoms with Gasteiger partial charge < -0.3 is 14.8 Å². The summed E-state index contributed by atoms with van der Waals surface area (Å²) in [6.45, 7) is 7.40. The van der Waals surface area contributed by atoms with Crippen molar-refractivity contribution in [2.24, 2.45) is 0 Å². The molecule has 0 saturated heterocycles. The molecule has 1 N–H and O–H groups in total. The van der Waals surface area contributed by atoms with Gasteiger partial charge in [-0.05, 0) is 36.2 Å². The highest BCUT2D eigenvalue weighted by Crippen LogP contribution is 2.26. The quantitative estimate of drug-likeness (QED) is 0.798. The zero-order valence-electron chi connectivity index (χ0n) is 17.1. The van der Waals surface area contributed by atoms with Crippen molar-refractivity contribution in [3.05, 3.63) is 53.6 Å². The number of rotatable bonds is 7. The predicted octanol–water partition coefficient (Wildman–Crippen LogP) is 4.07. The maximum absolute atomic E-state index is 12.3. The molecular weight excluding hydrogens is 340 g/mol. The third kappa shape index (κ3) is 6.00. The summed E-state index contributed by atoms with van der Waals surface area (Å²) < 4.78 is 10.6. The lowest BCUT2D eigenvalue weighted by Gasteiger charge is -2.20. The summed E-state index contributed by atoms with van der Waals surface area (Å²) in [5.74, 6) is 1.45. The monoisotopic (exact) mass is 370 g/mol. The predicted molar refractivity (Wildman–Crippen MR) is 110 cm³/mol. The third-order valence-corrected chi connectivity index (χ3v) is 4.38. The first-order valence-corrected chi connectivity index (χ1v) is 9.03. The number of ether oxygens (including phenoxy) is 2. The van der Waals surface area contributed by atoms with Crippen LogP contribution in [0.5, 0.6) is 11.5 Å². The lowest BCUT2D eigenvalue weighted by Crippen LogP contribution is -2.30. The second-order valence-electron chi connectivity index (χ2n) is 7.73. The van der Waals surface area contributed by atoms with E-state index in [0.717, 1.165) is 22.7 Å². The van der Waals surface area contributed by atoms with E-state index in [1.807, 2.05) is 42.3 Å². The van der Waals surface area contributed by atoms with Crippen molar-refractivity contribution < 1.29 is 14.3 Å². The summed E-state index contributed by atoms with van der Waals surface area (Å²) >= 11 is 0. The molecule has 5 heteroatoms. The molecule has 0 radical (unpaired) electrons. The van der Waals surface area contributed by atoms with Crippen molar-refractivity contribution >= 4 is 11.6 Å². The highest BCUT2D eigenvalue weighted by atomic mass is 16.5. The molecule has 0 aliphatic rings. The number of nitrogens with one attached hydrogen (secondary N) is 1. The molecule has 5 nitrogen and oxygen atoms in total. The number of anilines is 1. The molecule has 0 aromatic heterocycles. The van der Waals surface area contributed by atoms with Gasteiger partial charge in [-0.2, -0.15) is 0 Å². The first-order valence-electron chi connectivity index (χ1n) is 9.03. The molecular formula is C22H30N2O3. The highest BCUT2D eigenvalue weighted by molar-refractivity contribution is 5.92. The van der Waals surface area contributed by atoms with Crippen molar-refractivity contribution in [3.63, 3.8) is 0 Å². The number of carbonyl (C=O) groups is 1. The first kappa shape index (κ1) is 20.8. The van der Waals surface area contributed by atoms with Gasteiger partial charge in [0.05, 0.1) is 20.8 Å². The number of hydrogen-bond acceptors (Lipinski definition) is 4. The molecule has 146 valence electrons. The molecule has 0 aliphatic carbocycles. The van der Waals surface area contributed by atoms with Crippen LogP contribution in [0.2, 0.25) is 0 Å². The molecule has 0 bridgehead atoms. The molecule has 0 aliphatic heterocycles. The van der Waals surface area contributed by atoms with E-state index in [2.05, 4.69) is 38.2 Å². The Hall–Kier alpha value is -2.53. The van der Waals surface area contributed by atoms with Crippen molar-refractivity contribution in [3.8, 4) is 11.5 Å². The van der Waals surface area contributed by atoms with Gasteiger partial charge in [-0.3, -0.25) is 9.69 Å². The van der Waals surface area contributed by atoms with Crippen molar-refractivity contribution in [1.82, 2.24) is 4.90 Å². The topological polar surface area (TPSA) is 50.8 Å². The van der Waals surface area contributed by atoms with E-state index in [1.165, 1.54) is 5.56 Å². The minimum absolute atomic E-state index is 0.0477. The van der Waals surface area contributed by atoms with Gasteiger partial charge in [0, 0.05) is 23.9 Å². The summed E-state index contributed by atoms with van der Waals surface area (Å²) in [5.41, 5.74) is 3.15.